The molecule has 0 saturated carbocycles. The molecule has 146 valence electrons. The van der Waals surface area contributed by atoms with Crippen molar-refractivity contribution < 1.29 is 23.8 Å². The first-order chi connectivity index (χ1) is 12.4. The Balaban J connectivity index is 2.88. The van der Waals surface area contributed by atoms with Crippen molar-refractivity contribution in [3.8, 4) is 0 Å². The van der Waals surface area contributed by atoms with E-state index in [9.17, 15) is 19.3 Å². The van der Waals surface area contributed by atoms with Gasteiger partial charge in [-0.3, -0.25) is 14.2 Å². The van der Waals surface area contributed by atoms with E-state index in [4.69, 9.17) is 4.52 Å². The summed E-state index contributed by atoms with van der Waals surface area (Å²) in [6.07, 6.45) is 4.01. The van der Waals surface area contributed by atoms with Gasteiger partial charge in [0, 0.05) is 18.5 Å². The molecule has 0 aromatic heterocycles. The Morgan fingerprint density at radius 3 is 2.42 bits per heavy atom. The van der Waals surface area contributed by atoms with Crippen molar-refractivity contribution >= 4 is 19.1 Å². The van der Waals surface area contributed by atoms with Crippen LogP contribution in [0.25, 0.3) is 0 Å². The molecular formula is C20H31O5P. The van der Waals surface area contributed by atoms with Crippen molar-refractivity contribution in [3.05, 3.63) is 35.9 Å². The Kier molecular flexibility index (Phi) is 10.5. The number of carbonyl (C=O) groups excluding carboxylic acids is 1. The molecule has 0 radical (unpaired) electrons. The molecule has 1 aromatic carbocycles. The van der Waals surface area contributed by atoms with Gasteiger partial charge in [-0.05, 0) is 31.7 Å². The number of hydrogen-bond acceptors (Lipinski definition) is 4. The highest BCUT2D eigenvalue weighted by Crippen LogP contribution is 2.54. The number of aliphatic carboxylic acids is 1. The lowest BCUT2D eigenvalue weighted by atomic mass is 10.0. The molecular weight excluding hydrogens is 351 g/mol. The van der Waals surface area contributed by atoms with Gasteiger partial charge < -0.3 is 9.63 Å². The highest BCUT2D eigenvalue weighted by molar-refractivity contribution is 7.60. The normalized spacial score (nSPS) is 14.5. The number of carboxylic acid groups (broad SMARTS) is 1. The third-order valence-corrected chi connectivity index (χ3v) is 7.35. The second-order valence-electron chi connectivity index (χ2n) is 6.57. The summed E-state index contributed by atoms with van der Waals surface area (Å²) in [7, 11) is -3.44. The Bertz CT molecular complexity index is 599. The molecule has 0 aliphatic heterocycles. The van der Waals surface area contributed by atoms with Crippen LogP contribution in [0, 0.1) is 0 Å². The third kappa shape index (κ3) is 8.29. The fourth-order valence-corrected chi connectivity index (χ4v) is 5.42. The SMILES string of the molecule is CCCCCC(=O)CC(CCc1ccccc1)P(=O)(CC(=O)O)OCC. The van der Waals surface area contributed by atoms with Gasteiger partial charge in [-0.25, -0.2) is 0 Å². The summed E-state index contributed by atoms with van der Waals surface area (Å²) in [6, 6.07) is 9.73. The molecule has 0 aliphatic carbocycles. The molecule has 0 heterocycles. The molecule has 0 saturated heterocycles. The maximum Gasteiger partial charge on any atom is 0.313 e. The average Bonchev–Trinajstić information content (AvgIpc) is 2.59. The van der Waals surface area contributed by atoms with E-state index in [0.29, 0.717) is 19.3 Å². The van der Waals surface area contributed by atoms with Gasteiger partial charge in [0.15, 0.2) is 0 Å². The van der Waals surface area contributed by atoms with E-state index in [1.165, 1.54) is 0 Å². The van der Waals surface area contributed by atoms with Gasteiger partial charge in [0.25, 0.3) is 0 Å². The van der Waals surface area contributed by atoms with Crippen LogP contribution in [0.2, 0.25) is 0 Å². The van der Waals surface area contributed by atoms with E-state index in [2.05, 4.69) is 6.92 Å². The molecule has 0 aliphatic rings. The van der Waals surface area contributed by atoms with Gasteiger partial charge in [0.2, 0.25) is 7.37 Å². The van der Waals surface area contributed by atoms with Crippen LogP contribution < -0.4 is 0 Å². The van der Waals surface area contributed by atoms with Crippen LogP contribution in [0.5, 0.6) is 0 Å². The topological polar surface area (TPSA) is 80.7 Å². The highest BCUT2D eigenvalue weighted by atomic mass is 31.2. The van der Waals surface area contributed by atoms with Crippen LogP contribution in [0.1, 0.15) is 57.9 Å². The number of benzene rings is 1. The number of Topliss-reactive ketones (excluding diaryl/α,β-unsaturated/α-hetero) is 1. The molecule has 0 fully saturated rings. The van der Waals surface area contributed by atoms with Gasteiger partial charge in [0.1, 0.15) is 11.9 Å². The first-order valence-corrected chi connectivity index (χ1v) is 11.3. The van der Waals surface area contributed by atoms with Crippen molar-refractivity contribution in [2.24, 2.45) is 0 Å². The molecule has 1 rings (SSSR count). The van der Waals surface area contributed by atoms with Gasteiger partial charge in [-0.15, -0.1) is 0 Å². The number of hydrogen-bond donors (Lipinski definition) is 1. The summed E-state index contributed by atoms with van der Waals surface area (Å²) in [5, 5.41) is 9.18. The molecule has 0 spiro atoms. The van der Waals surface area contributed by atoms with Crippen LogP contribution in [0.15, 0.2) is 30.3 Å². The third-order valence-electron chi connectivity index (χ3n) is 4.39. The molecule has 26 heavy (non-hydrogen) atoms. The van der Waals surface area contributed by atoms with E-state index >= 15 is 0 Å². The minimum atomic E-state index is -3.44. The number of unbranched alkanes of at least 4 members (excludes halogenated alkanes) is 2. The zero-order valence-electron chi connectivity index (χ0n) is 15.9. The van der Waals surface area contributed by atoms with Gasteiger partial charge in [0.05, 0.1) is 6.61 Å². The van der Waals surface area contributed by atoms with Gasteiger partial charge in [-0.2, -0.15) is 0 Å². The molecule has 2 atom stereocenters. The zero-order valence-corrected chi connectivity index (χ0v) is 16.7. The molecule has 1 N–H and O–H groups in total. The van der Waals surface area contributed by atoms with E-state index in [-0.39, 0.29) is 18.8 Å². The van der Waals surface area contributed by atoms with Crippen LogP contribution in [0.4, 0.5) is 0 Å². The number of rotatable bonds is 14. The maximum atomic E-state index is 13.3. The minimum Gasteiger partial charge on any atom is -0.481 e. The van der Waals surface area contributed by atoms with Gasteiger partial charge >= 0.3 is 5.97 Å². The summed E-state index contributed by atoms with van der Waals surface area (Å²) in [6.45, 7) is 3.95. The van der Waals surface area contributed by atoms with Crippen molar-refractivity contribution in [2.45, 2.75) is 64.5 Å². The molecule has 0 bridgehead atoms. The lowest BCUT2D eigenvalue weighted by molar-refractivity contribution is -0.134. The highest BCUT2D eigenvalue weighted by Gasteiger charge is 2.37. The number of aryl methyl sites for hydroxylation is 1. The quantitative estimate of drug-likeness (QED) is 0.365. The van der Waals surface area contributed by atoms with E-state index in [1.54, 1.807) is 6.92 Å². The monoisotopic (exact) mass is 382 g/mol. The largest absolute Gasteiger partial charge is 0.481 e. The minimum absolute atomic E-state index is 0.0434. The van der Waals surface area contributed by atoms with Crippen molar-refractivity contribution in [1.29, 1.82) is 0 Å². The van der Waals surface area contributed by atoms with E-state index in [1.807, 2.05) is 30.3 Å². The molecule has 5 nitrogen and oxygen atoms in total. The summed E-state index contributed by atoms with van der Waals surface area (Å²) in [4.78, 5) is 23.6. The Morgan fingerprint density at radius 1 is 1.15 bits per heavy atom. The predicted molar refractivity (Wildman–Crippen MR) is 104 cm³/mol. The second-order valence-corrected chi connectivity index (χ2v) is 9.33. The van der Waals surface area contributed by atoms with Crippen LogP contribution in [-0.2, 0) is 25.1 Å². The first-order valence-electron chi connectivity index (χ1n) is 9.42. The van der Waals surface area contributed by atoms with Crippen LogP contribution in [0.3, 0.4) is 0 Å². The van der Waals surface area contributed by atoms with Crippen LogP contribution >= 0.6 is 7.37 Å². The summed E-state index contributed by atoms with van der Waals surface area (Å²) in [5.74, 6) is -1.10. The fourth-order valence-electron chi connectivity index (χ4n) is 3.04. The lowest BCUT2D eigenvalue weighted by Gasteiger charge is -2.26. The predicted octanol–water partition coefficient (Wildman–Crippen LogP) is 4.93. The molecule has 0 amide bonds. The average molecular weight is 382 g/mol. The Hall–Kier alpha value is -1.45. The van der Waals surface area contributed by atoms with Crippen LogP contribution in [-0.4, -0.2) is 35.3 Å². The Labute approximate surface area is 156 Å². The smallest absolute Gasteiger partial charge is 0.313 e. The standard InChI is InChI=1S/C20H31O5P/c1-3-5-7-12-18(21)15-19(14-13-17-10-8-6-9-11-17)26(24,25-4-2)16-20(22)23/h6,8-11,19H,3-5,7,12-16H2,1-2H3,(H,22,23). The maximum absolute atomic E-state index is 13.3. The number of carbonyl (C=O) groups is 2. The van der Waals surface area contributed by atoms with E-state index < -0.39 is 25.2 Å². The van der Waals surface area contributed by atoms with E-state index in [0.717, 1.165) is 24.8 Å². The first kappa shape index (κ1) is 22.6. The van der Waals surface area contributed by atoms with Crippen molar-refractivity contribution in [3.63, 3.8) is 0 Å². The number of carboxylic acids is 1. The Morgan fingerprint density at radius 2 is 1.85 bits per heavy atom. The summed E-state index contributed by atoms with van der Waals surface area (Å²) in [5.41, 5.74) is 0.530. The molecule has 6 heteroatoms. The second kappa shape index (κ2) is 12.0. The zero-order chi connectivity index (χ0) is 19.4. The lowest BCUT2D eigenvalue weighted by Crippen LogP contribution is -2.21. The number of ketones is 1. The van der Waals surface area contributed by atoms with Crippen molar-refractivity contribution in [1.82, 2.24) is 0 Å². The van der Waals surface area contributed by atoms with Crippen molar-refractivity contribution in [2.75, 3.05) is 12.8 Å². The molecule has 1 aromatic rings. The fraction of sp³-hybridized carbons (Fsp3) is 0.600. The summed E-state index contributed by atoms with van der Waals surface area (Å²) < 4.78 is 18.7. The van der Waals surface area contributed by atoms with Gasteiger partial charge in [-0.1, -0.05) is 50.1 Å². The summed E-state index contributed by atoms with van der Waals surface area (Å²) >= 11 is 0. The molecule has 2 unspecified atom stereocenters.